The molecule has 0 bridgehead atoms. The third-order valence-electron chi connectivity index (χ3n) is 2.48. The SMILES string of the molecule is COc1c(Br)cc(Cl)cc1C=C1C(=O)NC(=S)NC1=O. The Morgan fingerprint density at radius 2 is 1.90 bits per heavy atom. The van der Waals surface area contributed by atoms with Crippen molar-refractivity contribution in [2.75, 3.05) is 7.11 Å². The van der Waals surface area contributed by atoms with Crippen molar-refractivity contribution in [3.05, 3.63) is 32.8 Å². The average molecular weight is 376 g/mol. The zero-order valence-electron chi connectivity index (χ0n) is 10.1. The van der Waals surface area contributed by atoms with Gasteiger partial charge in [-0.3, -0.25) is 20.2 Å². The second-order valence-electron chi connectivity index (χ2n) is 3.81. The van der Waals surface area contributed by atoms with Crippen LogP contribution in [0, 0.1) is 0 Å². The van der Waals surface area contributed by atoms with Crippen LogP contribution >= 0.6 is 39.7 Å². The van der Waals surface area contributed by atoms with Gasteiger partial charge in [0, 0.05) is 10.6 Å². The van der Waals surface area contributed by atoms with E-state index < -0.39 is 11.8 Å². The van der Waals surface area contributed by atoms with Gasteiger partial charge in [-0.2, -0.15) is 0 Å². The van der Waals surface area contributed by atoms with Crippen molar-refractivity contribution in [2.45, 2.75) is 0 Å². The Kier molecular flexibility index (Phi) is 4.42. The molecule has 1 aliphatic rings. The van der Waals surface area contributed by atoms with E-state index in [1.54, 1.807) is 12.1 Å². The van der Waals surface area contributed by atoms with Gasteiger partial charge in [0.15, 0.2) is 5.11 Å². The third-order valence-corrected chi connectivity index (χ3v) is 3.50. The summed E-state index contributed by atoms with van der Waals surface area (Å²) in [6.07, 6.45) is 1.39. The average Bonchev–Trinajstić information content (AvgIpc) is 2.33. The third kappa shape index (κ3) is 3.00. The molecule has 8 heteroatoms. The Morgan fingerprint density at radius 1 is 1.30 bits per heavy atom. The minimum atomic E-state index is -0.572. The van der Waals surface area contributed by atoms with Crippen LogP contribution in [0.15, 0.2) is 22.2 Å². The first-order valence-corrected chi connectivity index (χ1v) is 6.91. The molecule has 0 atom stereocenters. The van der Waals surface area contributed by atoms with Gasteiger partial charge in [0.1, 0.15) is 11.3 Å². The summed E-state index contributed by atoms with van der Waals surface area (Å²) in [5.74, 6) is -0.676. The van der Waals surface area contributed by atoms with Crippen molar-refractivity contribution in [1.82, 2.24) is 10.6 Å². The minimum Gasteiger partial charge on any atom is -0.495 e. The number of amides is 2. The van der Waals surface area contributed by atoms with Crippen molar-refractivity contribution in [3.63, 3.8) is 0 Å². The molecule has 1 heterocycles. The number of ether oxygens (including phenoxy) is 1. The Morgan fingerprint density at radius 3 is 2.45 bits per heavy atom. The van der Waals surface area contributed by atoms with Crippen LogP contribution in [-0.4, -0.2) is 24.0 Å². The maximum Gasteiger partial charge on any atom is 0.263 e. The fourth-order valence-electron chi connectivity index (χ4n) is 1.66. The van der Waals surface area contributed by atoms with E-state index in [0.717, 1.165) is 0 Å². The van der Waals surface area contributed by atoms with E-state index in [9.17, 15) is 9.59 Å². The first kappa shape index (κ1) is 15.0. The predicted molar refractivity (Wildman–Crippen MR) is 82.6 cm³/mol. The topological polar surface area (TPSA) is 67.4 Å². The number of benzene rings is 1. The normalized spacial score (nSPS) is 14.8. The smallest absolute Gasteiger partial charge is 0.263 e. The molecule has 0 saturated carbocycles. The summed E-state index contributed by atoms with van der Waals surface area (Å²) in [4.78, 5) is 23.6. The number of methoxy groups -OCH3 is 1. The van der Waals surface area contributed by atoms with E-state index in [2.05, 4.69) is 26.6 Å². The molecule has 1 saturated heterocycles. The number of hydrogen-bond acceptors (Lipinski definition) is 4. The Hall–Kier alpha value is -1.44. The van der Waals surface area contributed by atoms with Crippen LogP contribution in [0.2, 0.25) is 5.02 Å². The summed E-state index contributed by atoms with van der Waals surface area (Å²) >= 11 is 14.0. The Balaban J connectivity index is 2.52. The van der Waals surface area contributed by atoms with Gasteiger partial charge in [-0.15, -0.1) is 0 Å². The molecule has 2 N–H and O–H groups in total. The highest BCUT2D eigenvalue weighted by atomic mass is 79.9. The van der Waals surface area contributed by atoms with Gasteiger partial charge < -0.3 is 4.74 Å². The molecule has 0 unspecified atom stereocenters. The lowest BCUT2D eigenvalue weighted by molar-refractivity contribution is -0.123. The monoisotopic (exact) mass is 374 g/mol. The Labute approximate surface area is 133 Å². The summed E-state index contributed by atoms with van der Waals surface area (Å²) in [5.41, 5.74) is 0.422. The van der Waals surface area contributed by atoms with Crippen LogP contribution in [0.1, 0.15) is 5.56 Å². The van der Waals surface area contributed by atoms with Crippen LogP contribution in [0.3, 0.4) is 0 Å². The lowest BCUT2D eigenvalue weighted by Gasteiger charge is -2.17. The molecule has 20 heavy (non-hydrogen) atoms. The Bertz CT molecular complexity index is 638. The van der Waals surface area contributed by atoms with Crippen LogP contribution in [-0.2, 0) is 9.59 Å². The maximum absolute atomic E-state index is 11.8. The van der Waals surface area contributed by atoms with Crippen LogP contribution < -0.4 is 15.4 Å². The first-order chi connectivity index (χ1) is 9.42. The van der Waals surface area contributed by atoms with Crippen LogP contribution in [0.5, 0.6) is 5.75 Å². The lowest BCUT2D eigenvalue weighted by Crippen LogP contribution is -2.51. The van der Waals surface area contributed by atoms with Crippen LogP contribution in [0.25, 0.3) is 6.08 Å². The fraction of sp³-hybridized carbons (Fsp3) is 0.0833. The fourth-order valence-corrected chi connectivity index (χ4v) is 2.85. The van der Waals surface area contributed by atoms with E-state index in [1.165, 1.54) is 13.2 Å². The molecule has 5 nitrogen and oxygen atoms in total. The predicted octanol–water partition coefficient (Wildman–Crippen LogP) is 2.03. The van der Waals surface area contributed by atoms with E-state index in [1.807, 2.05) is 0 Å². The molecule has 0 aromatic heterocycles. The van der Waals surface area contributed by atoms with Crippen molar-refractivity contribution in [1.29, 1.82) is 0 Å². The number of carbonyl (C=O) groups is 2. The van der Waals surface area contributed by atoms with Gasteiger partial charge in [0.2, 0.25) is 0 Å². The quantitative estimate of drug-likeness (QED) is 0.471. The van der Waals surface area contributed by atoms with Crippen LogP contribution in [0.4, 0.5) is 0 Å². The van der Waals surface area contributed by atoms with Crippen molar-refractivity contribution in [3.8, 4) is 5.75 Å². The number of rotatable bonds is 2. The summed E-state index contributed by atoms with van der Waals surface area (Å²) in [5, 5.41) is 5.13. The van der Waals surface area contributed by atoms with Gasteiger partial charge in [-0.25, -0.2) is 0 Å². The van der Waals surface area contributed by atoms with Crippen molar-refractivity contribution in [2.24, 2.45) is 0 Å². The minimum absolute atomic E-state index is 0.0172. The van der Waals surface area contributed by atoms with Gasteiger partial charge in [-0.05, 0) is 46.4 Å². The van der Waals surface area contributed by atoms with Gasteiger partial charge in [0.05, 0.1) is 11.6 Å². The maximum atomic E-state index is 11.8. The van der Waals surface area contributed by atoms with Gasteiger partial charge in [0.25, 0.3) is 11.8 Å². The summed E-state index contributed by atoms with van der Waals surface area (Å²) in [6, 6.07) is 3.24. The molecule has 1 aliphatic heterocycles. The summed E-state index contributed by atoms with van der Waals surface area (Å²) in [6.45, 7) is 0. The highest BCUT2D eigenvalue weighted by Gasteiger charge is 2.26. The van der Waals surface area contributed by atoms with Crippen molar-refractivity contribution < 1.29 is 14.3 Å². The van der Waals surface area contributed by atoms with Crippen molar-refractivity contribution >= 4 is 62.8 Å². The first-order valence-electron chi connectivity index (χ1n) is 5.33. The number of hydrogen-bond donors (Lipinski definition) is 2. The second kappa shape index (κ2) is 5.90. The number of carbonyl (C=O) groups excluding carboxylic acids is 2. The molecule has 0 radical (unpaired) electrons. The highest BCUT2D eigenvalue weighted by molar-refractivity contribution is 9.10. The molecule has 0 spiro atoms. The molecule has 2 amide bonds. The van der Waals surface area contributed by atoms with E-state index in [-0.39, 0.29) is 10.7 Å². The molecular weight excluding hydrogens is 368 g/mol. The number of thiocarbonyl (C=S) groups is 1. The largest absolute Gasteiger partial charge is 0.495 e. The van der Waals surface area contributed by atoms with E-state index in [0.29, 0.717) is 20.8 Å². The summed E-state index contributed by atoms with van der Waals surface area (Å²) in [7, 11) is 1.48. The highest BCUT2D eigenvalue weighted by Crippen LogP contribution is 2.34. The second-order valence-corrected chi connectivity index (χ2v) is 5.50. The molecule has 104 valence electrons. The molecule has 1 aromatic carbocycles. The lowest BCUT2D eigenvalue weighted by atomic mass is 10.1. The molecule has 1 fully saturated rings. The van der Waals surface area contributed by atoms with Gasteiger partial charge in [-0.1, -0.05) is 11.6 Å². The molecular formula is C12H8BrClN2O3S. The summed E-state index contributed by atoms with van der Waals surface area (Å²) < 4.78 is 5.84. The number of nitrogens with one attached hydrogen (secondary N) is 2. The van der Waals surface area contributed by atoms with E-state index in [4.69, 9.17) is 28.6 Å². The standard InChI is InChI=1S/C12H8BrClN2O3S/c1-19-9-5(2-6(14)4-8(9)13)3-7-10(17)15-12(20)16-11(7)18/h2-4H,1H3,(H2,15,16,17,18,20). The van der Waals surface area contributed by atoms with E-state index >= 15 is 0 Å². The zero-order chi connectivity index (χ0) is 14.9. The van der Waals surface area contributed by atoms with Gasteiger partial charge >= 0.3 is 0 Å². The zero-order valence-corrected chi connectivity index (χ0v) is 13.3. The number of halogens is 2. The molecule has 0 aliphatic carbocycles. The molecule has 2 rings (SSSR count). The molecule has 1 aromatic rings.